The zero-order chi connectivity index (χ0) is 11.8. The first-order chi connectivity index (χ1) is 7.12. The molecule has 3 heteroatoms. The average Bonchev–Trinajstić information content (AvgIpc) is 2.21. The molecule has 15 heavy (non-hydrogen) atoms. The summed E-state index contributed by atoms with van der Waals surface area (Å²) in [7, 11) is 4.82. The number of ether oxygens (including phenoxy) is 3. The lowest BCUT2D eigenvalue weighted by Crippen LogP contribution is -2.26. The molecule has 2 atom stereocenters. The normalized spacial score (nSPS) is 14.3. The highest BCUT2D eigenvalue weighted by Gasteiger charge is 2.20. The summed E-state index contributed by atoms with van der Waals surface area (Å²) in [4.78, 5) is 0. The molecule has 0 spiro atoms. The molecular weight excluding hydrogens is 192 g/mol. The van der Waals surface area contributed by atoms with E-state index >= 15 is 0 Å². The van der Waals surface area contributed by atoms with E-state index < -0.39 is 0 Å². The fraction of sp³-hybridized carbons (Fsp3) is 0.500. The lowest BCUT2D eigenvalue weighted by molar-refractivity contribution is 0.0996. The van der Waals surface area contributed by atoms with Gasteiger partial charge < -0.3 is 14.2 Å². The molecule has 0 aromatic heterocycles. The molecule has 0 aliphatic rings. The molecule has 0 saturated heterocycles. The Bertz CT molecular complexity index is 233. The third-order valence-corrected chi connectivity index (χ3v) is 2.11. The summed E-state index contributed by atoms with van der Waals surface area (Å²) in [5.74, 6) is 0. The Balaban J connectivity index is 4.58. The van der Waals surface area contributed by atoms with Crippen LogP contribution >= 0.6 is 0 Å². The van der Waals surface area contributed by atoms with Gasteiger partial charge in [-0.25, -0.2) is 0 Å². The van der Waals surface area contributed by atoms with Crippen molar-refractivity contribution in [3.63, 3.8) is 0 Å². The minimum atomic E-state index is -0.270. The second kappa shape index (κ2) is 7.40. The molecule has 0 aromatic rings. The summed E-state index contributed by atoms with van der Waals surface area (Å²) in [6.07, 6.45) is 1.17. The van der Waals surface area contributed by atoms with Crippen molar-refractivity contribution in [3.05, 3.63) is 37.0 Å². The maximum atomic E-state index is 5.30. The van der Waals surface area contributed by atoms with Gasteiger partial charge >= 0.3 is 0 Å². The first kappa shape index (κ1) is 14.1. The maximum absolute atomic E-state index is 5.30. The number of methoxy groups -OCH3 is 3. The highest BCUT2D eigenvalue weighted by Crippen LogP contribution is 2.18. The van der Waals surface area contributed by atoms with Crippen LogP contribution in [-0.4, -0.2) is 40.1 Å². The van der Waals surface area contributed by atoms with Crippen molar-refractivity contribution in [2.24, 2.45) is 0 Å². The van der Waals surface area contributed by atoms with Crippen molar-refractivity contribution < 1.29 is 14.2 Å². The van der Waals surface area contributed by atoms with Crippen molar-refractivity contribution in [1.29, 1.82) is 0 Å². The van der Waals surface area contributed by atoms with Gasteiger partial charge in [0, 0.05) is 21.3 Å². The standard InChI is InChI=1S/C12H20O3/c1-7-11(14-5)10(3)12(15-6)9(2)8-13-4/h7,11-12H,1-3,8H2,4-6H3. The maximum Gasteiger partial charge on any atom is 0.104 e. The van der Waals surface area contributed by atoms with E-state index in [-0.39, 0.29) is 12.2 Å². The minimum absolute atomic E-state index is 0.233. The van der Waals surface area contributed by atoms with Crippen LogP contribution in [-0.2, 0) is 14.2 Å². The topological polar surface area (TPSA) is 27.7 Å². The van der Waals surface area contributed by atoms with Crippen LogP contribution in [0.1, 0.15) is 0 Å². The van der Waals surface area contributed by atoms with Gasteiger partial charge in [-0.05, 0) is 11.1 Å². The summed E-state index contributed by atoms with van der Waals surface area (Å²) in [5, 5.41) is 0. The zero-order valence-corrected chi connectivity index (χ0v) is 9.79. The van der Waals surface area contributed by atoms with Gasteiger partial charge in [0.25, 0.3) is 0 Å². The zero-order valence-electron chi connectivity index (χ0n) is 9.79. The van der Waals surface area contributed by atoms with Crippen molar-refractivity contribution in [2.45, 2.75) is 12.2 Å². The Labute approximate surface area is 92.0 Å². The average molecular weight is 212 g/mol. The molecule has 0 aromatic carbocycles. The van der Waals surface area contributed by atoms with Gasteiger partial charge in [0.15, 0.2) is 0 Å². The van der Waals surface area contributed by atoms with Crippen LogP contribution in [0.3, 0.4) is 0 Å². The highest BCUT2D eigenvalue weighted by atomic mass is 16.5. The first-order valence-electron chi connectivity index (χ1n) is 4.65. The molecular formula is C12H20O3. The Morgan fingerprint density at radius 2 is 1.80 bits per heavy atom. The Morgan fingerprint density at radius 1 is 1.20 bits per heavy atom. The van der Waals surface area contributed by atoms with Crippen molar-refractivity contribution in [1.82, 2.24) is 0 Å². The Hall–Kier alpha value is -0.900. The van der Waals surface area contributed by atoms with E-state index in [1.54, 1.807) is 27.4 Å². The van der Waals surface area contributed by atoms with Crippen LogP contribution in [0.25, 0.3) is 0 Å². The van der Waals surface area contributed by atoms with Crippen LogP contribution in [0.15, 0.2) is 37.0 Å². The Morgan fingerprint density at radius 3 is 2.13 bits per heavy atom. The number of hydrogen-bond donors (Lipinski definition) is 0. The molecule has 2 unspecified atom stereocenters. The van der Waals surface area contributed by atoms with E-state index in [1.165, 1.54) is 0 Å². The van der Waals surface area contributed by atoms with E-state index in [9.17, 15) is 0 Å². The first-order valence-corrected chi connectivity index (χ1v) is 4.65. The summed E-state index contributed by atoms with van der Waals surface area (Å²) < 4.78 is 15.5. The predicted octanol–water partition coefficient (Wildman–Crippen LogP) is 1.96. The third kappa shape index (κ3) is 4.00. The van der Waals surface area contributed by atoms with Gasteiger partial charge in [0.1, 0.15) is 6.10 Å². The minimum Gasteiger partial charge on any atom is -0.380 e. The fourth-order valence-corrected chi connectivity index (χ4v) is 1.39. The monoisotopic (exact) mass is 212 g/mol. The second-order valence-corrected chi connectivity index (χ2v) is 3.17. The summed E-state index contributed by atoms with van der Waals surface area (Å²) in [6, 6.07) is 0. The summed E-state index contributed by atoms with van der Waals surface area (Å²) in [5.41, 5.74) is 1.59. The molecule has 0 fully saturated rings. The SMILES string of the molecule is C=CC(OC)C(=C)C(OC)C(=C)COC. The van der Waals surface area contributed by atoms with Crippen molar-refractivity contribution in [3.8, 4) is 0 Å². The van der Waals surface area contributed by atoms with Crippen LogP contribution in [0, 0.1) is 0 Å². The van der Waals surface area contributed by atoms with E-state index in [0.717, 1.165) is 11.1 Å². The van der Waals surface area contributed by atoms with Gasteiger partial charge in [0.2, 0.25) is 0 Å². The molecule has 0 aliphatic heterocycles. The second-order valence-electron chi connectivity index (χ2n) is 3.17. The molecule has 0 rings (SSSR count). The van der Waals surface area contributed by atoms with E-state index in [2.05, 4.69) is 19.7 Å². The van der Waals surface area contributed by atoms with Gasteiger partial charge in [-0.2, -0.15) is 0 Å². The molecule has 0 N–H and O–H groups in total. The smallest absolute Gasteiger partial charge is 0.104 e. The fourth-order valence-electron chi connectivity index (χ4n) is 1.39. The molecule has 86 valence electrons. The summed E-state index contributed by atoms with van der Waals surface area (Å²) >= 11 is 0. The Kier molecular flexibility index (Phi) is 6.96. The summed E-state index contributed by atoms with van der Waals surface area (Å²) in [6.45, 7) is 11.9. The third-order valence-electron chi connectivity index (χ3n) is 2.11. The van der Waals surface area contributed by atoms with E-state index in [4.69, 9.17) is 14.2 Å². The van der Waals surface area contributed by atoms with Gasteiger partial charge in [-0.15, -0.1) is 6.58 Å². The molecule has 3 nitrogen and oxygen atoms in total. The van der Waals surface area contributed by atoms with Crippen LogP contribution < -0.4 is 0 Å². The molecule has 0 aliphatic carbocycles. The largest absolute Gasteiger partial charge is 0.380 e. The molecule has 0 amide bonds. The van der Waals surface area contributed by atoms with Crippen LogP contribution in [0.4, 0.5) is 0 Å². The van der Waals surface area contributed by atoms with Gasteiger partial charge in [-0.3, -0.25) is 0 Å². The van der Waals surface area contributed by atoms with E-state index in [0.29, 0.717) is 6.61 Å². The molecule has 0 saturated carbocycles. The number of rotatable bonds is 8. The quantitative estimate of drug-likeness (QED) is 0.576. The van der Waals surface area contributed by atoms with Gasteiger partial charge in [0.05, 0.1) is 12.7 Å². The van der Waals surface area contributed by atoms with Crippen LogP contribution in [0.5, 0.6) is 0 Å². The lowest BCUT2D eigenvalue weighted by Gasteiger charge is -2.24. The highest BCUT2D eigenvalue weighted by molar-refractivity contribution is 5.25. The van der Waals surface area contributed by atoms with Crippen molar-refractivity contribution in [2.75, 3.05) is 27.9 Å². The lowest BCUT2D eigenvalue weighted by atomic mass is 10.00. The molecule has 0 bridgehead atoms. The molecule has 0 radical (unpaired) electrons. The van der Waals surface area contributed by atoms with Crippen molar-refractivity contribution >= 4 is 0 Å². The van der Waals surface area contributed by atoms with E-state index in [1.807, 2.05) is 0 Å². The number of hydrogen-bond acceptors (Lipinski definition) is 3. The molecule has 0 heterocycles. The van der Waals surface area contributed by atoms with Gasteiger partial charge in [-0.1, -0.05) is 19.2 Å². The van der Waals surface area contributed by atoms with Crippen LogP contribution in [0.2, 0.25) is 0 Å². The predicted molar refractivity (Wildman–Crippen MR) is 61.9 cm³/mol.